The number of hydrogen-bond acceptors (Lipinski definition) is 7. The van der Waals surface area contributed by atoms with Crippen molar-refractivity contribution < 1.29 is 18.1 Å². The van der Waals surface area contributed by atoms with Crippen LogP contribution >= 0.6 is 0 Å². The second kappa shape index (κ2) is 8.70. The molecule has 0 aliphatic carbocycles. The van der Waals surface area contributed by atoms with Gasteiger partial charge in [0.2, 0.25) is 15.9 Å². The summed E-state index contributed by atoms with van der Waals surface area (Å²) < 4.78 is 28.3. The first-order valence-corrected chi connectivity index (χ1v) is 9.41. The van der Waals surface area contributed by atoms with Gasteiger partial charge < -0.3 is 10.6 Å². The number of carbonyl (C=O) groups is 1. The van der Waals surface area contributed by atoms with Crippen LogP contribution in [0.5, 0.6) is 0 Å². The van der Waals surface area contributed by atoms with Crippen molar-refractivity contribution in [2.75, 3.05) is 20.1 Å². The molecule has 0 saturated carbocycles. The van der Waals surface area contributed by atoms with Gasteiger partial charge >= 0.3 is 0 Å². The maximum atomic E-state index is 12.3. The van der Waals surface area contributed by atoms with Crippen LogP contribution in [-0.2, 0) is 21.9 Å². The maximum absolute atomic E-state index is 12.3. The summed E-state index contributed by atoms with van der Waals surface area (Å²) in [6, 6.07) is 4.41. The molecule has 1 atom stereocenters. The fourth-order valence-corrected chi connectivity index (χ4v) is 3.63. The Kier molecular flexibility index (Phi) is 6.60. The Morgan fingerprint density at radius 1 is 1.33 bits per heavy atom. The van der Waals surface area contributed by atoms with Gasteiger partial charge in [0, 0.05) is 38.0 Å². The SMILES string of the molecule is CNC(C(=O)NCCNS(=O)(=O)c1ccccc1[N+](=O)[O-])c1cnn(C)c1. The predicted octanol–water partition coefficient (Wildman–Crippen LogP) is -0.316. The Labute approximate surface area is 156 Å². The van der Waals surface area contributed by atoms with Crippen molar-refractivity contribution in [2.45, 2.75) is 10.9 Å². The van der Waals surface area contributed by atoms with E-state index in [-0.39, 0.29) is 19.0 Å². The molecule has 12 heteroatoms. The van der Waals surface area contributed by atoms with E-state index in [0.29, 0.717) is 5.56 Å². The van der Waals surface area contributed by atoms with Gasteiger partial charge in [0.15, 0.2) is 4.90 Å². The zero-order valence-corrected chi connectivity index (χ0v) is 15.6. The lowest BCUT2D eigenvalue weighted by molar-refractivity contribution is -0.387. The van der Waals surface area contributed by atoms with Crippen molar-refractivity contribution in [3.05, 3.63) is 52.3 Å². The molecule has 1 aromatic carbocycles. The Balaban J connectivity index is 1.94. The molecular formula is C15H20N6O5S. The first kappa shape index (κ1) is 20.5. The lowest BCUT2D eigenvalue weighted by Gasteiger charge is -2.14. The van der Waals surface area contributed by atoms with Gasteiger partial charge in [0.05, 0.1) is 11.1 Å². The molecule has 2 rings (SSSR count). The third-order valence-corrected chi connectivity index (χ3v) is 5.19. The fraction of sp³-hybridized carbons (Fsp3) is 0.333. The highest BCUT2D eigenvalue weighted by Gasteiger charge is 2.25. The predicted molar refractivity (Wildman–Crippen MR) is 96.3 cm³/mol. The van der Waals surface area contributed by atoms with E-state index in [1.807, 2.05) is 0 Å². The van der Waals surface area contributed by atoms with Gasteiger partial charge in [-0.05, 0) is 13.1 Å². The highest BCUT2D eigenvalue weighted by Crippen LogP contribution is 2.22. The summed E-state index contributed by atoms with van der Waals surface area (Å²) in [4.78, 5) is 22.0. The summed E-state index contributed by atoms with van der Waals surface area (Å²) in [7, 11) is -0.733. The number of rotatable bonds is 9. The monoisotopic (exact) mass is 396 g/mol. The van der Waals surface area contributed by atoms with E-state index in [0.717, 1.165) is 12.1 Å². The number of nitrogens with one attached hydrogen (secondary N) is 3. The van der Waals surface area contributed by atoms with Crippen LogP contribution in [0.25, 0.3) is 0 Å². The minimum Gasteiger partial charge on any atom is -0.353 e. The number of amides is 1. The molecule has 1 amide bonds. The van der Waals surface area contributed by atoms with E-state index in [1.54, 1.807) is 31.2 Å². The Morgan fingerprint density at radius 3 is 2.63 bits per heavy atom. The smallest absolute Gasteiger partial charge is 0.289 e. The van der Waals surface area contributed by atoms with E-state index in [9.17, 15) is 23.3 Å². The van der Waals surface area contributed by atoms with Crippen LogP contribution in [0.15, 0.2) is 41.6 Å². The fourth-order valence-electron chi connectivity index (χ4n) is 2.42. The number of benzene rings is 1. The molecule has 3 N–H and O–H groups in total. The van der Waals surface area contributed by atoms with Crippen molar-refractivity contribution >= 4 is 21.6 Å². The van der Waals surface area contributed by atoms with Gasteiger partial charge in [-0.25, -0.2) is 13.1 Å². The quantitative estimate of drug-likeness (QED) is 0.299. The molecule has 0 bridgehead atoms. The van der Waals surface area contributed by atoms with Crippen LogP contribution in [0, 0.1) is 10.1 Å². The topological polar surface area (TPSA) is 148 Å². The third-order valence-electron chi connectivity index (χ3n) is 3.68. The molecule has 0 radical (unpaired) electrons. The number of aromatic nitrogens is 2. The summed E-state index contributed by atoms with van der Waals surface area (Å²) in [5.74, 6) is -0.351. The molecule has 146 valence electrons. The molecule has 2 aromatic rings. The first-order valence-electron chi connectivity index (χ1n) is 7.93. The molecule has 0 aliphatic rings. The van der Waals surface area contributed by atoms with Gasteiger partial charge in [0.1, 0.15) is 6.04 Å². The summed E-state index contributed by atoms with van der Waals surface area (Å²) >= 11 is 0. The van der Waals surface area contributed by atoms with Gasteiger partial charge in [-0.2, -0.15) is 5.10 Å². The summed E-state index contributed by atoms with van der Waals surface area (Å²) in [6.45, 7) is -0.110. The minimum atomic E-state index is -4.08. The number of carbonyl (C=O) groups excluding carboxylic acids is 1. The number of hydrogen-bond donors (Lipinski definition) is 3. The van der Waals surface area contributed by atoms with E-state index in [2.05, 4.69) is 20.5 Å². The van der Waals surface area contributed by atoms with Crippen LogP contribution in [0.2, 0.25) is 0 Å². The van der Waals surface area contributed by atoms with Crippen molar-refractivity contribution in [3.8, 4) is 0 Å². The van der Waals surface area contributed by atoms with Crippen molar-refractivity contribution in [1.82, 2.24) is 25.1 Å². The summed E-state index contributed by atoms with van der Waals surface area (Å²) in [5, 5.41) is 20.4. The zero-order valence-electron chi connectivity index (χ0n) is 14.7. The molecule has 0 aliphatic heterocycles. The maximum Gasteiger partial charge on any atom is 0.289 e. The number of para-hydroxylation sites is 1. The molecule has 11 nitrogen and oxygen atoms in total. The average molecular weight is 396 g/mol. The zero-order chi connectivity index (χ0) is 20.0. The standard InChI is InChI=1S/C15H20N6O5S/c1-16-14(11-9-18-20(2)10-11)15(22)17-7-8-19-27(25,26)13-6-4-3-5-12(13)21(23)24/h3-6,9-10,14,16,19H,7-8H2,1-2H3,(H,17,22). The number of nitro benzene ring substituents is 1. The largest absolute Gasteiger partial charge is 0.353 e. The number of sulfonamides is 1. The average Bonchev–Trinajstić information content (AvgIpc) is 3.05. The molecular weight excluding hydrogens is 376 g/mol. The first-order chi connectivity index (χ1) is 12.8. The van der Waals surface area contributed by atoms with E-state index >= 15 is 0 Å². The number of likely N-dealkylation sites (N-methyl/N-ethyl adjacent to an activating group) is 1. The Bertz CT molecular complexity index is 926. The lowest BCUT2D eigenvalue weighted by Crippen LogP contribution is -2.40. The van der Waals surface area contributed by atoms with Gasteiger partial charge in [-0.15, -0.1) is 0 Å². The molecule has 27 heavy (non-hydrogen) atoms. The van der Waals surface area contributed by atoms with Gasteiger partial charge in [-0.3, -0.25) is 19.6 Å². The molecule has 0 spiro atoms. The molecule has 0 fully saturated rings. The summed E-state index contributed by atoms with van der Waals surface area (Å²) in [5.41, 5.74) is 0.152. The highest BCUT2D eigenvalue weighted by molar-refractivity contribution is 7.89. The molecule has 1 aromatic heterocycles. The molecule has 1 heterocycles. The van der Waals surface area contributed by atoms with Crippen molar-refractivity contribution in [2.24, 2.45) is 7.05 Å². The van der Waals surface area contributed by atoms with Crippen LogP contribution in [0.3, 0.4) is 0 Å². The highest BCUT2D eigenvalue weighted by atomic mass is 32.2. The normalized spacial score (nSPS) is 12.5. The third kappa shape index (κ3) is 5.09. The van der Waals surface area contributed by atoms with Crippen LogP contribution < -0.4 is 15.4 Å². The lowest BCUT2D eigenvalue weighted by atomic mass is 10.1. The van der Waals surface area contributed by atoms with E-state index < -0.39 is 31.6 Å². The van der Waals surface area contributed by atoms with E-state index in [4.69, 9.17) is 0 Å². The number of nitro groups is 1. The van der Waals surface area contributed by atoms with Crippen LogP contribution in [-0.4, -0.2) is 49.2 Å². The van der Waals surface area contributed by atoms with Crippen molar-refractivity contribution in [1.29, 1.82) is 0 Å². The van der Waals surface area contributed by atoms with Crippen LogP contribution in [0.4, 0.5) is 5.69 Å². The molecule has 1 unspecified atom stereocenters. The van der Waals surface area contributed by atoms with Gasteiger partial charge in [-0.1, -0.05) is 12.1 Å². The Morgan fingerprint density at radius 2 is 2.04 bits per heavy atom. The van der Waals surface area contributed by atoms with Gasteiger partial charge in [0.25, 0.3) is 5.69 Å². The number of nitrogens with zero attached hydrogens (tertiary/aromatic N) is 3. The second-order valence-corrected chi connectivity index (χ2v) is 7.32. The Hall–Kier alpha value is -2.83. The minimum absolute atomic E-state index is 0.0110. The second-order valence-electron chi connectivity index (χ2n) is 5.58. The molecule has 0 saturated heterocycles. The summed E-state index contributed by atoms with van der Waals surface area (Å²) in [6.07, 6.45) is 3.25. The van der Waals surface area contributed by atoms with E-state index in [1.165, 1.54) is 12.1 Å². The van der Waals surface area contributed by atoms with Crippen LogP contribution in [0.1, 0.15) is 11.6 Å². The number of aryl methyl sites for hydroxylation is 1. The van der Waals surface area contributed by atoms with Crippen molar-refractivity contribution in [3.63, 3.8) is 0 Å².